The van der Waals surface area contributed by atoms with Crippen LogP contribution in [0.2, 0.25) is 0 Å². The molecule has 0 saturated heterocycles. The summed E-state index contributed by atoms with van der Waals surface area (Å²) in [6, 6.07) is 19.2. The van der Waals surface area contributed by atoms with Gasteiger partial charge in [0.15, 0.2) is 6.10 Å². The molecule has 0 bridgehead atoms. The van der Waals surface area contributed by atoms with E-state index in [0.717, 1.165) is 0 Å². The van der Waals surface area contributed by atoms with Gasteiger partial charge in [0, 0.05) is 6.20 Å². The molecule has 2 atom stereocenters. The van der Waals surface area contributed by atoms with Crippen molar-refractivity contribution < 1.29 is 14.3 Å². The number of rotatable bonds is 5. The van der Waals surface area contributed by atoms with E-state index in [-0.39, 0.29) is 5.82 Å². The highest BCUT2D eigenvalue weighted by Crippen LogP contribution is 2.22. The van der Waals surface area contributed by atoms with Crippen LogP contribution in [0.3, 0.4) is 0 Å². The summed E-state index contributed by atoms with van der Waals surface area (Å²) in [5.41, 5.74) is 1.77. The highest BCUT2D eigenvalue weighted by molar-refractivity contribution is 5.82. The van der Waals surface area contributed by atoms with Crippen LogP contribution >= 0.6 is 0 Å². The Balaban J connectivity index is 1.87. The van der Waals surface area contributed by atoms with Gasteiger partial charge in [0.05, 0.1) is 11.7 Å². The molecule has 0 radical (unpaired) electrons. The van der Waals surface area contributed by atoms with Gasteiger partial charge in [-0.3, -0.25) is 9.78 Å². The summed E-state index contributed by atoms with van der Waals surface area (Å²) >= 11 is 0. The van der Waals surface area contributed by atoms with Crippen LogP contribution < -0.4 is 5.32 Å². The van der Waals surface area contributed by atoms with E-state index < -0.39 is 18.1 Å². The first kappa shape index (κ1) is 16.8. The number of hydrogen-bond acceptors (Lipinski definition) is 3. The Bertz CT molecular complexity index is 823. The van der Waals surface area contributed by atoms with Gasteiger partial charge < -0.3 is 10.4 Å². The van der Waals surface area contributed by atoms with Gasteiger partial charge >= 0.3 is 0 Å². The third kappa shape index (κ3) is 4.08. The van der Waals surface area contributed by atoms with Crippen LogP contribution in [0.4, 0.5) is 4.39 Å². The number of pyridine rings is 1. The van der Waals surface area contributed by atoms with Crippen LogP contribution in [-0.2, 0) is 4.79 Å². The number of amides is 1. The number of carbonyl (C=O) groups excluding carboxylic acids is 1. The minimum atomic E-state index is -1.30. The number of halogens is 1. The average molecular weight is 336 g/mol. The first-order chi connectivity index (χ1) is 12.1. The zero-order valence-electron chi connectivity index (χ0n) is 13.3. The Morgan fingerprint density at radius 1 is 0.920 bits per heavy atom. The highest BCUT2D eigenvalue weighted by atomic mass is 19.1. The summed E-state index contributed by atoms with van der Waals surface area (Å²) in [4.78, 5) is 16.8. The highest BCUT2D eigenvalue weighted by Gasteiger charge is 2.23. The molecule has 3 rings (SSSR count). The van der Waals surface area contributed by atoms with Gasteiger partial charge in [0.1, 0.15) is 5.82 Å². The molecule has 4 nitrogen and oxygen atoms in total. The Hall–Kier alpha value is -3.05. The molecule has 0 fully saturated rings. The number of hydrogen-bond donors (Lipinski definition) is 2. The maximum absolute atomic E-state index is 13.2. The Labute approximate surface area is 145 Å². The number of aliphatic hydroxyl groups excluding tert-OH is 1. The fraction of sp³-hybridized carbons (Fsp3) is 0.100. The van der Waals surface area contributed by atoms with Crippen LogP contribution in [0.5, 0.6) is 0 Å². The quantitative estimate of drug-likeness (QED) is 0.752. The summed E-state index contributed by atoms with van der Waals surface area (Å²) in [5.74, 6) is -0.912. The van der Waals surface area contributed by atoms with Crippen LogP contribution in [0.1, 0.15) is 29.0 Å². The zero-order valence-corrected chi connectivity index (χ0v) is 13.3. The molecule has 2 N–H and O–H groups in total. The van der Waals surface area contributed by atoms with Gasteiger partial charge in [-0.25, -0.2) is 4.39 Å². The molecule has 0 spiro atoms. The predicted octanol–water partition coefficient (Wildman–Crippen LogP) is 3.16. The maximum atomic E-state index is 13.2. The van der Waals surface area contributed by atoms with E-state index in [4.69, 9.17) is 0 Å². The van der Waals surface area contributed by atoms with E-state index in [1.165, 1.54) is 12.1 Å². The molecule has 25 heavy (non-hydrogen) atoms. The number of aliphatic hydroxyl groups is 1. The number of carbonyl (C=O) groups is 1. The summed E-state index contributed by atoms with van der Waals surface area (Å²) in [5, 5.41) is 13.1. The first-order valence-corrected chi connectivity index (χ1v) is 7.85. The smallest absolute Gasteiger partial charge is 0.254 e. The minimum Gasteiger partial charge on any atom is -0.378 e. The molecule has 0 unspecified atom stereocenters. The Morgan fingerprint density at radius 3 is 2.24 bits per heavy atom. The van der Waals surface area contributed by atoms with E-state index in [0.29, 0.717) is 16.8 Å². The molecule has 5 heteroatoms. The van der Waals surface area contributed by atoms with Gasteiger partial charge in [-0.05, 0) is 35.4 Å². The summed E-state index contributed by atoms with van der Waals surface area (Å²) in [6.45, 7) is 0. The molecular weight excluding hydrogens is 319 g/mol. The standard InChI is InChI=1S/C20H17FN2O2/c21-16-11-9-14(10-12-16)18(17-8-4-5-13-22-17)23-20(25)19(24)15-6-2-1-3-7-15/h1-13,18-19,24H,(H,23,25)/t18-,19+/m1/s1. The number of benzene rings is 2. The van der Waals surface area contributed by atoms with Crippen molar-refractivity contribution in [1.82, 2.24) is 10.3 Å². The molecule has 126 valence electrons. The molecule has 0 aliphatic rings. The van der Waals surface area contributed by atoms with Crippen molar-refractivity contribution in [3.8, 4) is 0 Å². The zero-order chi connectivity index (χ0) is 17.6. The number of nitrogens with one attached hydrogen (secondary N) is 1. The van der Waals surface area contributed by atoms with Crippen molar-refractivity contribution in [2.75, 3.05) is 0 Å². The van der Waals surface area contributed by atoms with Crippen LogP contribution in [0.25, 0.3) is 0 Å². The lowest BCUT2D eigenvalue weighted by Gasteiger charge is -2.21. The predicted molar refractivity (Wildman–Crippen MR) is 92.0 cm³/mol. The van der Waals surface area contributed by atoms with Crippen LogP contribution in [0.15, 0.2) is 79.0 Å². The normalized spacial score (nSPS) is 13.0. The van der Waals surface area contributed by atoms with Crippen molar-refractivity contribution in [1.29, 1.82) is 0 Å². The van der Waals surface area contributed by atoms with E-state index in [2.05, 4.69) is 10.3 Å². The monoisotopic (exact) mass is 336 g/mol. The summed E-state index contributed by atoms with van der Waals surface area (Å²) in [6.07, 6.45) is 0.318. The van der Waals surface area contributed by atoms with Gasteiger partial charge in [-0.15, -0.1) is 0 Å². The van der Waals surface area contributed by atoms with Crippen LogP contribution in [0, 0.1) is 5.82 Å². The van der Waals surface area contributed by atoms with Gasteiger partial charge in [-0.1, -0.05) is 48.5 Å². The van der Waals surface area contributed by atoms with E-state index in [1.807, 2.05) is 6.07 Å². The molecular formula is C20H17FN2O2. The molecule has 1 aromatic heterocycles. The Kier molecular flexibility index (Phi) is 5.16. The van der Waals surface area contributed by atoms with Crippen molar-refractivity contribution in [2.24, 2.45) is 0 Å². The molecule has 0 saturated carbocycles. The molecule has 2 aromatic carbocycles. The number of nitrogens with zero attached hydrogens (tertiary/aromatic N) is 1. The van der Waals surface area contributed by atoms with Crippen molar-refractivity contribution in [3.63, 3.8) is 0 Å². The van der Waals surface area contributed by atoms with Crippen molar-refractivity contribution in [2.45, 2.75) is 12.1 Å². The summed E-state index contributed by atoms with van der Waals surface area (Å²) < 4.78 is 13.2. The molecule has 0 aliphatic carbocycles. The third-order valence-corrected chi connectivity index (χ3v) is 3.84. The molecule has 1 amide bonds. The lowest BCUT2D eigenvalue weighted by molar-refractivity contribution is -0.130. The maximum Gasteiger partial charge on any atom is 0.254 e. The lowest BCUT2D eigenvalue weighted by Crippen LogP contribution is -2.34. The largest absolute Gasteiger partial charge is 0.378 e. The fourth-order valence-electron chi connectivity index (χ4n) is 2.54. The van der Waals surface area contributed by atoms with E-state index in [9.17, 15) is 14.3 Å². The average Bonchev–Trinajstić information content (AvgIpc) is 2.67. The van der Waals surface area contributed by atoms with Gasteiger partial charge in [-0.2, -0.15) is 0 Å². The van der Waals surface area contributed by atoms with E-state index >= 15 is 0 Å². The van der Waals surface area contributed by atoms with Gasteiger partial charge in [0.2, 0.25) is 0 Å². The minimum absolute atomic E-state index is 0.362. The number of aromatic nitrogens is 1. The SMILES string of the molecule is O=C(N[C@H](c1ccc(F)cc1)c1ccccn1)[C@@H](O)c1ccccc1. The van der Waals surface area contributed by atoms with Gasteiger partial charge in [0.25, 0.3) is 5.91 Å². The first-order valence-electron chi connectivity index (χ1n) is 7.85. The summed E-state index contributed by atoms with van der Waals surface area (Å²) in [7, 11) is 0. The van der Waals surface area contributed by atoms with E-state index in [1.54, 1.807) is 60.8 Å². The Morgan fingerprint density at radius 2 is 1.60 bits per heavy atom. The molecule has 3 aromatic rings. The second-order valence-corrected chi connectivity index (χ2v) is 5.56. The second kappa shape index (κ2) is 7.68. The van der Waals surface area contributed by atoms with Crippen molar-refractivity contribution in [3.05, 3.63) is 102 Å². The topological polar surface area (TPSA) is 62.2 Å². The molecule has 0 aliphatic heterocycles. The second-order valence-electron chi connectivity index (χ2n) is 5.56. The van der Waals surface area contributed by atoms with Crippen LogP contribution in [-0.4, -0.2) is 16.0 Å². The molecule has 1 heterocycles. The lowest BCUT2D eigenvalue weighted by atomic mass is 10.0. The van der Waals surface area contributed by atoms with Crippen molar-refractivity contribution >= 4 is 5.91 Å². The fourth-order valence-corrected chi connectivity index (χ4v) is 2.54. The third-order valence-electron chi connectivity index (χ3n) is 3.84.